The van der Waals surface area contributed by atoms with Crippen molar-refractivity contribution in [2.45, 2.75) is 40.0 Å². The quantitative estimate of drug-likeness (QED) is 0.331. The second-order valence-corrected chi connectivity index (χ2v) is 5.64. The number of phenolic OH excluding ortho intramolecular Hbond substituents is 2. The molecule has 0 spiro atoms. The van der Waals surface area contributed by atoms with E-state index in [0.717, 1.165) is 5.57 Å². The van der Waals surface area contributed by atoms with Crippen molar-refractivity contribution in [3.63, 3.8) is 0 Å². The van der Waals surface area contributed by atoms with Crippen LogP contribution in [0.5, 0.6) is 11.5 Å². The van der Waals surface area contributed by atoms with Gasteiger partial charge in [0.2, 0.25) is 0 Å². The van der Waals surface area contributed by atoms with Crippen LogP contribution in [-0.4, -0.2) is 28.6 Å². The summed E-state index contributed by atoms with van der Waals surface area (Å²) in [6, 6.07) is 3.75. The van der Waals surface area contributed by atoms with Crippen molar-refractivity contribution in [1.82, 2.24) is 0 Å². The summed E-state index contributed by atoms with van der Waals surface area (Å²) in [5.41, 5.74) is 1.16. The maximum atomic E-state index is 12.3. The molecule has 23 heavy (non-hydrogen) atoms. The van der Waals surface area contributed by atoms with E-state index in [1.807, 2.05) is 19.9 Å². The smallest absolute Gasteiger partial charge is 0.309 e. The summed E-state index contributed by atoms with van der Waals surface area (Å²) >= 11 is 0. The number of carbonyl (C=O) groups is 2. The molecule has 0 aliphatic heterocycles. The predicted molar refractivity (Wildman–Crippen MR) is 87.5 cm³/mol. The molecule has 0 fully saturated rings. The summed E-state index contributed by atoms with van der Waals surface area (Å²) in [5.74, 6) is -1.70. The number of ketones is 1. The van der Waals surface area contributed by atoms with Gasteiger partial charge in [-0.15, -0.1) is 0 Å². The summed E-state index contributed by atoms with van der Waals surface area (Å²) in [6.45, 7) is 5.90. The fourth-order valence-corrected chi connectivity index (χ4v) is 2.22. The lowest BCUT2D eigenvalue weighted by molar-refractivity contribution is -0.148. The zero-order valence-corrected chi connectivity index (χ0v) is 13.8. The number of carbonyl (C=O) groups excluding carboxylic acids is 2. The lowest BCUT2D eigenvalue weighted by Crippen LogP contribution is -2.21. The van der Waals surface area contributed by atoms with Crippen LogP contribution in [0.3, 0.4) is 0 Å². The summed E-state index contributed by atoms with van der Waals surface area (Å²) in [7, 11) is 0. The van der Waals surface area contributed by atoms with E-state index in [-0.39, 0.29) is 30.1 Å². The van der Waals surface area contributed by atoms with E-state index in [1.165, 1.54) is 18.2 Å². The molecular weight excluding hydrogens is 296 g/mol. The number of Topliss-reactive ketones (excluding diaryl/α,β-unsaturated/α-hetero) is 1. The molecule has 1 aromatic carbocycles. The van der Waals surface area contributed by atoms with Crippen molar-refractivity contribution < 1.29 is 24.5 Å². The van der Waals surface area contributed by atoms with Gasteiger partial charge in [-0.1, -0.05) is 11.6 Å². The van der Waals surface area contributed by atoms with Crippen molar-refractivity contribution in [2.24, 2.45) is 5.92 Å². The summed E-state index contributed by atoms with van der Waals surface area (Å²) in [5, 5.41) is 19.2. The van der Waals surface area contributed by atoms with Crippen LogP contribution in [0.15, 0.2) is 29.8 Å². The van der Waals surface area contributed by atoms with Crippen LogP contribution in [-0.2, 0) is 9.53 Å². The van der Waals surface area contributed by atoms with Gasteiger partial charge in [0, 0.05) is 6.42 Å². The number of hydrogen-bond acceptors (Lipinski definition) is 5. The average Bonchev–Trinajstić information content (AvgIpc) is 2.48. The van der Waals surface area contributed by atoms with E-state index < -0.39 is 17.7 Å². The van der Waals surface area contributed by atoms with Gasteiger partial charge >= 0.3 is 5.97 Å². The predicted octanol–water partition coefficient (Wildman–Crippen LogP) is 3.60. The molecule has 2 N–H and O–H groups in total. The standard InChI is InChI=1S/C18H24O5/c1-4-23-18(22)13(7-5-6-12(2)3)10-17(21)15-11-14(19)8-9-16(15)20/h6,8-9,11,13,19-20H,4-5,7,10H2,1-3H3/t13-/m1/s1. The molecule has 0 saturated heterocycles. The van der Waals surface area contributed by atoms with Crippen molar-refractivity contribution in [1.29, 1.82) is 0 Å². The highest BCUT2D eigenvalue weighted by Crippen LogP contribution is 2.26. The molecule has 0 unspecified atom stereocenters. The first-order valence-corrected chi connectivity index (χ1v) is 7.70. The summed E-state index contributed by atoms with van der Waals surface area (Å²) < 4.78 is 5.03. The third-order valence-corrected chi connectivity index (χ3v) is 3.40. The Kier molecular flexibility index (Phi) is 7.32. The monoisotopic (exact) mass is 320 g/mol. The van der Waals surface area contributed by atoms with Crippen LogP contribution in [0.2, 0.25) is 0 Å². The fraction of sp³-hybridized carbons (Fsp3) is 0.444. The van der Waals surface area contributed by atoms with Gasteiger partial charge in [-0.3, -0.25) is 9.59 Å². The second kappa shape index (κ2) is 8.98. The molecule has 5 heteroatoms. The Hall–Kier alpha value is -2.30. The first-order valence-electron chi connectivity index (χ1n) is 7.70. The maximum Gasteiger partial charge on any atom is 0.309 e. The maximum absolute atomic E-state index is 12.3. The lowest BCUT2D eigenvalue weighted by Gasteiger charge is -2.14. The number of ether oxygens (including phenoxy) is 1. The van der Waals surface area contributed by atoms with Gasteiger partial charge in [-0.2, -0.15) is 0 Å². The molecule has 0 amide bonds. The van der Waals surface area contributed by atoms with Crippen molar-refractivity contribution in [3.05, 3.63) is 35.4 Å². The highest BCUT2D eigenvalue weighted by Gasteiger charge is 2.24. The average molecular weight is 320 g/mol. The number of phenols is 2. The van der Waals surface area contributed by atoms with Gasteiger partial charge in [-0.05, 0) is 51.8 Å². The van der Waals surface area contributed by atoms with Crippen LogP contribution in [0, 0.1) is 5.92 Å². The zero-order valence-electron chi connectivity index (χ0n) is 13.8. The Balaban J connectivity index is 2.86. The van der Waals surface area contributed by atoms with Crippen molar-refractivity contribution in [2.75, 3.05) is 6.61 Å². The normalized spacial score (nSPS) is 11.6. The lowest BCUT2D eigenvalue weighted by atomic mass is 9.93. The van der Waals surface area contributed by atoms with Crippen LogP contribution in [0.4, 0.5) is 0 Å². The van der Waals surface area contributed by atoms with Crippen molar-refractivity contribution in [3.8, 4) is 11.5 Å². The molecule has 0 heterocycles. The van der Waals surface area contributed by atoms with Crippen LogP contribution in [0.25, 0.3) is 0 Å². The van der Waals surface area contributed by atoms with Gasteiger partial charge in [-0.25, -0.2) is 0 Å². The Morgan fingerprint density at radius 2 is 1.96 bits per heavy atom. The Morgan fingerprint density at radius 1 is 1.26 bits per heavy atom. The topological polar surface area (TPSA) is 83.8 Å². The van der Waals surface area contributed by atoms with Gasteiger partial charge in [0.05, 0.1) is 18.1 Å². The number of allylic oxidation sites excluding steroid dienone is 2. The minimum atomic E-state index is -0.570. The molecule has 0 bridgehead atoms. The highest BCUT2D eigenvalue weighted by atomic mass is 16.5. The molecule has 0 radical (unpaired) electrons. The molecule has 126 valence electrons. The SMILES string of the molecule is CCOC(=O)[C@H](CCC=C(C)C)CC(=O)c1cc(O)ccc1O. The highest BCUT2D eigenvalue weighted by molar-refractivity contribution is 6.00. The molecule has 0 saturated carbocycles. The first kappa shape index (κ1) is 18.7. The Morgan fingerprint density at radius 3 is 2.57 bits per heavy atom. The molecule has 1 aromatic rings. The molecule has 0 aliphatic rings. The molecule has 0 aliphatic carbocycles. The van der Waals surface area contributed by atoms with Crippen LogP contribution in [0.1, 0.15) is 50.4 Å². The third kappa shape index (κ3) is 6.14. The summed E-state index contributed by atoms with van der Waals surface area (Å²) in [6.07, 6.45) is 3.11. The molecule has 1 rings (SSSR count). The van der Waals surface area contributed by atoms with Crippen LogP contribution >= 0.6 is 0 Å². The van der Waals surface area contributed by atoms with E-state index in [0.29, 0.717) is 12.8 Å². The fourth-order valence-electron chi connectivity index (χ4n) is 2.22. The van der Waals surface area contributed by atoms with Gasteiger partial charge in [0.15, 0.2) is 5.78 Å². The van der Waals surface area contributed by atoms with Crippen molar-refractivity contribution >= 4 is 11.8 Å². The van der Waals surface area contributed by atoms with E-state index in [9.17, 15) is 19.8 Å². The minimum absolute atomic E-state index is 0.0153. The first-order chi connectivity index (χ1) is 10.8. The van der Waals surface area contributed by atoms with E-state index in [1.54, 1.807) is 6.92 Å². The molecular formula is C18H24O5. The number of aromatic hydroxyl groups is 2. The zero-order chi connectivity index (χ0) is 17.4. The minimum Gasteiger partial charge on any atom is -0.508 e. The number of esters is 1. The van der Waals surface area contributed by atoms with E-state index in [4.69, 9.17) is 4.74 Å². The molecule has 0 aromatic heterocycles. The molecule has 1 atom stereocenters. The van der Waals surface area contributed by atoms with Gasteiger partial charge in [0.1, 0.15) is 11.5 Å². The van der Waals surface area contributed by atoms with Gasteiger partial charge < -0.3 is 14.9 Å². The third-order valence-electron chi connectivity index (χ3n) is 3.40. The second-order valence-electron chi connectivity index (χ2n) is 5.64. The Bertz CT molecular complexity index is 585. The number of rotatable bonds is 8. The largest absolute Gasteiger partial charge is 0.508 e. The van der Waals surface area contributed by atoms with Gasteiger partial charge in [0.25, 0.3) is 0 Å². The molecule has 5 nitrogen and oxygen atoms in total. The van der Waals surface area contributed by atoms with Crippen LogP contribution < -0.4 is 0 Å². The van der Waals surface area contributed by atoms with E-state index in [2.05, 4.69) is 0 Å². The number of benzene rings is 1. The Labute approximate surface area is 136 Å². The number of hydrogen-bond donors (Lipinski definition) is 2. The summed E-state index contributed by atoms with van der Waals surface area (Å²) in [4.78, 5) is 24.4. The van der Waals surface area contributed by atoms with E-state index >= 15 is 0 Å².